The number of para-hydroxylation sites is 1. The Morgan fingerprint density at radius 1 is 1.21 bits per heavy atom. The second-order valence-corrected chi connectivity index (χ2v) is 7.02. The quantitative estimate of drug-likeness (QED) is 0.844. The van der Waals surface area contributed by atoms with E-state index in [1.807, 2.05) is 30.3 Å². The molecule has 6 heteroatoms. The first kappa shape index (κ1) is 13.9. The van der Waals surface area contributed by atoms with Gasteiger partial charge in [0.2, 0.25) is 0 Å². The Bertz CT molecular complexity index is 539. The summed E-state index contributed by atoms with van der Waals surface area (Å²) in [5.41, 5.74) is -0.159. The highest BCUT2D eigenvalue weighted by Crippen LogP contribution is 2.29. The minimum Gasteiger partial charge on any atom is -0.467 e. The fourth-order valence-corrected chi connectivity index (χ4v) is 3.78. The summed E-state index contributed by atoms with van der Waals surface area (Å²) in [4.78, 5) is 12.0. The number of methoxy groups -OCH3 is 1. The summed E-state index contributed by atoms with van der Waals surface area (Å²) in [6, 6.07) is 9.27. The van der Waals surface area contributed by atoms with Crippen LogP contribution in [-0.4, -0.2) is 38.5 Å². The molecule has 0 saturated carbocycles. The minimum atomic E-state index is -3.04. The monoisotopic (exact) mass is 283 g/mol. The third-order valence-electron chi connectivity index (χ3n) is 3.41. The van der Waals surface area contributed by atoms with Gasteiger partial charge >= 0.3 is 5.97 Å². The van der Waals surface area contributed by atoms with Crippen LogP contribution in [-0.2, 0) is 19.4 Å². The second-order valence-electron chi connectivity index (χ2n) is 4.72. The summed E-state index contributed by atoms with van der Waals surface area (Å²) in [5, 5.41) is 3.14. The molecule has 1 aliphatic rings. The number of sulfone groups is 1. The summed E-state index contributed by atoms with van der Waals surface area (Å²) in [7, 11) is -1.72. The average Bonchev–Trinajstić information content (AvgIpc) is 2.42. The van der Waals surface area contributed by atoms with Gasteiger partial charge in [-0.1, -0.05) is 18.2 Å². The molecule has 0 amide bonds. The predicted octanol–water partition coefficient (Wildman–Crippen LogP) is 1.22. The molecule has 2 rings (SSSR count). The van der Waals surface area contributed by atoms with Crippen LogP contribution >= 0.6 is 0 Å². The Morgan fingerprint density at radius 2 is 1.79 bits per heavy atom. The van der Waals surface area contributed by atoms with Crippen LogP contribution < -0.4 is 5.32 Å². The molecule has 1 aromatic rings. The lowest BCUT2D eigenvalue weighted by atomic mass is 9.92. The number of hydrogen-bond acceptors (Lipinski definition) is 5. The molecular formula is C13H17NO4S. The minimum absolute atomic E-state index is 0.00192. The number of ether oxygens (including phenoxy) is 1. The summed E-state index contributed by atoms with van der Waals surface area (Å²) in [6.45, 7) is 0. The Morgan fingerprint density at radius 3 is 2.32 bits per heavy atom. The molecule has 0 radical (unpaired) electrons. The molecule has 104 valence electrons. The first-order chi connectivity index (χ1) is 8.97. The number of rotatable bonds is 3. The van der Waals surface area contributed by atoms with Gasteiger partial charge in [-0.25, -0.2) is 13.2 Å². The Kier molecular flexibility index (Phi) is 3.80. The van der Waals surface area contributed by atoms with Gasteiger partial charge < -0.3 is 10.1 Å². The van der Waals surface area contributed by atoms with Crippen molar-refractivity contribution in [1.29, 1.82) is 0 Å². The predicted molar refractivity (Wildman–Crippen MR) is 72.7 cm³/mol. The van der Waals surface area contributed by atoms with Crippen LogP contribution in [0.25, 0.3) is 0 Å². The van der Waals surface area contributed by atoms with Crippen molar-refractivity contribution < 1.29 is 17.9 Å². The largest absolute Gasteiger partial charge is 0.467 e. The van der Waals surface area contributed by atoms with E-state index < -0.39 is 21.3 Å². The van der Waals surface area contributed by atoms with E-state index in [0.717, 1.165) is 5.69 Å². The standard InChI is InChI=1S/C13H17NO4S/c1-18-12(15)13(7-9-19(16,17)10-8-13)14-11-5-3-2-4-6-11/h2-6,14H,7-10H2,1H3. The number of anilines is 1. The van der Waals surface area contributed by atoms with Gasteiger partial charge in [0.05, 0.1) is 18.6 Å². The van der Waals surface area contributed by atoms with E-state index in [1.165, 1.54) is 7.11 Å². The highest BCUT2D eigenvalue weighted by molar-refractivity contribution is 7.91. The van der Waals surface area contributed by atoms with Crippen LogP contribution in [0.5, 0.6) is 0 Å². The lowest BCUT2D eigenvalue weighted by Crippen LogP contribution is -2.52. The van der Waals surface area contributed by atoms with Gasteiger partial charge in [0.15, 0.2) is 9.84 Å². The van der Waals surface area contributed by atoms with E-state index >= 15 is 0 Å². The first-order valence-electron chi connectivity index (χ1n) is 6.09. The van der Waals surface area contributed by atoms with E-state index in [4.69, 9.17) is 4.74 Å². The Hall–Kier alpha value is -1.56. The van der Waals surface area contributed by atoms with E-state index in [1.54, 1.807) is 0 Å². The SMILES string of the molecule is COC(=O)C1(Nc2ccccc2)CCS(=O)(=O)CC1. The normalized spacial score (nSPS) is 20.5. The maximum absolute atomic E-state index is 12.0. The van der Waals surface area contributed by atoms with Gasteiger partial charge in [-0.15, -0.1) is 0 Å². The number of nitrogens with one attached hydrogen (secondary N) is 1. The highest BCUT2D eigenvalue weighted by Gasteiger charge is 2.44. The molecule has 1 saturated heterocycles. The molecule has 0 bridgehead atoms. The molecule has 0 spiro atoms. The molecule has 1 heterocycles. The number of esters is 1. The number of hydrogen-bond donors (Lipinski definition) is 1. The van der Waals surface area contributed by atoms with Crippen LogP contribution in [0.4, 0.5) is 5.69 Å². The lowest BCUT2D eigenvalue weighted by molar-refractivity contribution is -0.146. The van der Waals surface area contributed by atoms with Crippen molar-refractivity contribution in [3.8, 4) is 0 Å². The average molecular weight is 283 g/mol. The summed E-state index contributed by atoms with van der Waals surface area (Å²) < 4.78 is 27.9. The molecule has 5 nitrogen and oxygen atoms in total. The van der Waals surface area contributed by atoms with Gasteiger partial charge in [0.25, 0.3) is 0 Å². The lowest BCUT2D eigenvalue weighted by Gasteiger charge is -2.35. The fraction of sp³-hybridized carbons (Fsp3) is 0.462. The molecule has 1 aliphatic heterocycles. The molecule has 0 aliphatic carbocycles. The highest BCUT2D eigenvalue weighted by atomic mass is 32.2. The Balaban J connectivity index is 2.24. The van der Waals surface area contributed by atoms with Gasteiger partial charge in [0.1, 0.15) is 5.54 Å². The smallest absolute Gasteiger partial charge is 0.331 e. The van der Waals surface area contributed by atoms with Crippen LogP contribution in [0.2, 0.25) is 0 Å². The molecular weight excluding hydrogens is 266 g/mol. The van der Waals surface area contributed by atoms with Crippen molar-refractivity contribution in [2.75, 3.05) is 23.9 Å². The first-order valence-corrected chi connectivity index (χ1v) is 7.92. The molecule has 0 unspecified atom stereocenters. The van der Waals surface area contributed by atoms with Crippen LogP contribution in [0.1, 0.15) is 12.8 Å². The number of carbonyl (C=O) groups is 1. The third kappa shape index (κ3) is 3.07. The molecule has 0 aromatic heterocycles. The van der Waals surface area contributed by atoms with E-state index in [0.29, 0.717) is 0 Å². The Labute approximate surface area is 112 Å². The maximum Gasteiger partial charge on any atom is 0.331 e. The zero-order chi connectivity index (χ0) is 13.9. The van der Waals surface area contributed by atoms with Crippen molar-refractivity contribution in [2.24, 2.45) is 0 Å². The summed E-state index contributed by atoms with van der Waals surface area (Å²) in [5.74, 6) is -0.407. The van der Waals surface area contributed by atoms with Crippen LogP contribution in [0.15, 0.2) is 30.3 Å². The number of benzene rings is 1. The van der Waals surface area contributed by atoms with E-state index in [-0.39, 0.29) is 24.3 Å². The number of carbonyl (C=O) groups excluding carboxylic acids is 1. The zero-order valence-electron chi connectivity index (χ0n) is 10.8. The van der Waals surface area contributed by atoms with Crippen molar-refractivity contribution in [1.82, 2.24) is 0 Å². The fourth-order valence-electron chi connectivity index (χ4n) is 2.26. The van der Waals surface area contributed by atoms with E-state index in [2.05, 4.69) is 5.32 Å². The van der Waals surface area contributed by atoms with Gasteiger partial charge in [-0.3, -0.25) is 0 Å². The van der Waals surface area contributed by atoms with Crippen LogP contribution in [0, 0.1) is 0 Å². The van der Waals surface area contributed by atoms with Gasteiger partial charge in [-0.2, -0.15) is 0 Å². The second kappa shape index (κ2) is 5.21. The van der Waals surface area contributed by atoms with Gasteiger partial charge in [0, 0.05) is 5.69 Å². The zero-order valence-corrected chi connectivity index (χ0v) is 11.6. The van der Waals surface area contributed by atoms with Crippen molar-refractivity contribution >= 4 is 21.5 Å². The molecule has 0 atom stereocenters. The molecule has 1 aromatic carbocycles. The molecule has 1 N–H and O–H groups in total. The summed E-state index contributed by atoms with van der Waals surface area (Å²) >= 11 is 0. The van der Waals surface area contributed by atoms with Crippen molar-refractivity contribution in [2.45, 2.75) is 18.4 Å². The van der Waals surface area contributed by atoms with Crippen molar-refractivity contribution in [3.05, 3.63) is 30.3 Å². The maximum atomic E-state index is 12.0. The molecule has 1 fully saturated rings. The third-order valence-corrected chi connectivity index (χ3v) is 5.07. The van der Waals surface area contributed by atoms with E-state index in [9.17, 15) is 13.2 Å². The molecule has 19 heavy (non-hydrogen) atoms. The summed E-state index contributed by atoms with van der Waals surface area (Å²) in [6.07, 6.45) is 0.466. The topological polar surface area (TPSA) is 72.5 Å². The van der Waals surface area contributed by atoms with Gasteiger partial charge in [-0.05, 0) is 25.0 Å². The van der Waals surface area contributed by atoms with Crippen molar-refractivity contribution in [3.63, 3.8) is 0 Å². The van der Waals surface area contributed by atoms with Crippen LogP contribution in [0.3, 0.4) is 0 Å².